The molecule has 5 aliphatic rings. The Hall–Kier alpha value is 0.354. The number of epoxide rings is 1. The zero-order valence-electron chi connectivity index (χ0n) is 23.3. The van der Waals surface area contributed by atoms with Gasteiger partial charge in [0.1, 0.15) is 0 Å². The van der Waals surface area contributed by atoms with Crippen molar-refractivity contribution in [3.05, 3.63) is 0 Å². The van der Waals surface area contributed by atoms with Crippen LogP contribution < -0.4 is 0 Å². The molecule has 4 heteroatoms. The van der Waals surface area contributed by atoms with Crippen LogP contribution in [-0.4, -0.2) is 29.8 Å². The number of ether oxygens (including phenoxy) is 1. The molecule has 4 unspecified atom stereocenters. The summed E-state index contributed by atoms with van der Waals surface area (Å²) in [6.45, 7) is 10.1. The van der Waals surface area contributed by atoms with Crippen molar-refractivity contribution in [2.45, 2.75) is 165 Å². The lowest BCUT2D eigenvalue weighted by molar-refractivity contribution is -0.00652. The van der Waals surface area contributed by atoms with Gasteiger partial charge in [-0.2, -0.15) is 0 Å². The molecule has 5 rings (SSSR count). The van der Waals surface area contributed by atoms with Crippen molar-refractivity contribution in [3.63, 3.8) is 0 Å². The van der Waals surface area contributed by atoms with E-state index in [1.165, 1.54) is 109 Å². The fraction of sp³-hybridized carbons (Fsp3) is 1.00. The maximum atomic E-state index is 7.41. The predicted molar refractivity (Wildman–Crippen MR) is 150 cm³/mol. The largest absolute Gasteiger partial charge is 0.460 e. The van der Waals surface area contributed by atoms with Crippen molar-refractivity contribution in [2.24, 2.45) is 23.2 Å². The minimum atomic E-state index is -1.63. The van der Waals surface area contributed by atoms with Crippen LogP contribution in [0.3, 0.4) is 0 Å². The molecule has 1 saturated heterocycles. The van der Waals surface area contributed by atoms with Gasteiger partial charge in [0.2, 0.25) is 0 Å². The fourth-order valence-electron chi connectivity index (χ4n) is 9.75. The van der Waals surface area contributed by atoms with Gasteiger partial charge in [0, 0.05) is 0 Å². The quantitative estimate of drug-likeness (QED) is 0.244. The standard InChI is InChI=1S/C30H56O2Si2/c1-24(25-16-21-28(2)27(22-25)31-28)23-34(3,4)32-33-30(19-12-7-13-20-30)29(17-10-6-11-18-29)26-14-8-5-9-15-26/h24-27H,5-23,33H2,1-4H3. The zero-order valence-corrected chi connectivity index (χ0v) is 25.7. The van der Waals surface area contributed by atoms with Crippen LogP contribution in [0.1, 0.15) is 129 Å². The highest BCUT2D eigenvalue weighted by atomic mass is 28.4. The van der Waals surface area contributed by atoms with Gasteiger partial charge >= 0.3 is 0 Å². The molecular formula is C30H56O2Si2. The van der Waals surface area contributed by atoms with Crippen molar-refractivity contribution >= 4 is 18.1 Å². The molecule has 0 spiro atoms. The third-order valence-corrected chi connectivity index (χ3v) is 19.2. The molecule has 4 saturated carbocycles. The highest BCUT2D eigenvalue weighted by Gasteiger charge is 2.57. The van der Waals surface area contributed by atoms with E-state index in [-0.39, 0.29) is 5.60 Å². The summed E-state index contributed by atoms with van der Waals surface area (Å²) < 4.78 is 13.4. The van der Waals surface area contributed by atoms with Gasteiger partial charge in [-0.15, -0.1) is 0 Å². The van der Waals surface area contributed by atoms with Crippen molar-refractivity contribution in [2.75, 3.05) is 0 Å². The Balaban J connectivity index is 1.28. The Kier molecular flexibility index (Phi) is 7.83. The summed E-state index contributed by atoms with van der Waals surface area (Å²) in [5.41, 5.74) is 0.916. The number of fused-ring (bicyclic) bond motifs is 1. The highest BCUT2D eigenvalue weighted by molar-refractivity contribution is 6.75. The summed E-state index contributed by atoms with van der Waals surface area (Å²) in [6, 6.07) is 1.38. The minimum absolute atomic E-state index is 0.257. The van der Waals surface area contributed by atoms with Crippen LogP contribution in [-0.2, 0) is 8.85 Å². The molecule has 4 aliphatic carbocycles. The van der Waals surface area contributed by atoms with Gasteiger partial charge in [-0.05, 0) is 112 Å². The molecule has 0 N–H and O–H groups in total. The van der Waals surface area contributed by atoms with Gasteiger partial charge in [0.15, 0.2) is 18.1 Å². The molecule has 2 nitrogen and oxygen atoms in total. The lowest BCUT2D eigenvalue weighted by Crippen LogP contribution is -2.51. The van der Waals surface area contributed by atoms with Crippen molar-refractivity contribution in [1.82, 2.24) is 0 Å². The first-order valence-electron chi connectivity index (χ1n) is 15.6. The van der Waals surface area contributed by atoms with Crippen LogP contribution in [0.5, 0.6) is 0 Å². The molecule has 0 bridgehead atoms. The molecule has 34 heavy (non-hydrogen) atoms. The summed E-state index contributed by atoms with van der Waals surface area (Å²) in [5, 5.41) is 0.621. The van der Waals surface area contributed by atoms with Crippen LogP contribution in [0, 0.1) is 23.2 Å². The molecule has 0 aromatic rings. The molecule has 5 fully saturated rings. The number of hydrogen-bond donors (Lipinski definition) is 0. The summed E-state index contributed by atoms with van der Waals surface area (Å²) in [4.78, 5) is 0. The first-order chi connectivity index (χ1) is 16.3. The maximum absolute atomic E-state index is 7.41. The second-order valence-corrected chi connectivity index (χ2v) is 21.3. The number of hydrogen-bond acceptors (Lipinski definition) is 2. The Labute approximate surface area is 215 Å². The summed E-state index contributed by atoms with van der Waals surface area (Å²) in [6.07, 6.45) is 27.3. The molecule has 0 radical (unpaired) electrons. The average molecular weight is 505 g/mol. The Morgan fingerprint density at radius 2 is 1.47 bits per heavy atom. The topological polar surface area (TPSA) is 21.8 Å². The second-order valence-electron chi connectivity index (χ2n) is 14.6. The van der Waals surface area contributed by atoms with E-state index in [0.29, 0.717) is 16.6 Å². The van der Waals surface area contributed by atoms with Crippen molar-refractivity contribution in [1.29, 1.82) is 0 Å². The Bertz CT molecular complexity index is 675. The third-order valence-electron chi connectivity index (χ3n) is 11.9. The van der Waals surface area contributed by atoms with E-state index < -0.39 is 18.1 Å². The van der Waals surface area contributed by atoms with E-state index in [0.717, 1.165) is 17.8 Å². The van der Waals surface area contributed by atoms with Crippen molar-refractivity contribution < 1.29 is 8.85 Å². The van der Waals surface area contributed by atoms with E-state index in [4.69, 9.17) is 8.85 Å². The SMILES string of the molecule is CC(C[Si](C)(C)O[SiH2]C1(C2(C3CCCCC3)CCCCC2)CCCCC1)C1CCC2(C)OC2C1. The molecule has 196 valence electrons. The highest BCUT2D eigenvalue weighted by Crippen LogP contribution is 2.67. The molecule has 1 aliphatic heterocycles. The Morgan fingerprint density at radius 1 is 0.853 bits per heavy atom. The van der Waals surface area contributed by atoms with Gasteiger partial charge < -0.3 is 8.85 Å². The molecule has 0 aromatic heterocycles. The van der Waals surface area contributed by atoms with Gasteiger partial charge in [-0.3, -0.25) is 0 Å². The minimum Gasteiger partial charge on any atom is -0.460 e. The van der Waals surface area contributed by atoms with Crippen molar-refractivity contribution in [3.8, 4) is 0 Å². The van der Waals surface area contributed by atoms with Crippen LogP contribution >= 0.6 is 0 Å². The lowest BCUT2D eigenvalue weighted by atomic mass is 9.53. The molecule has 0 amide bonds. The van der Waals surface area contributed by atoms with Gasteiger partial charge in [-0.1, -0.05) is 64.7 Å². The van der Waals surface area contributed by atoms with Gasteiger partial charge in [0.25, 0.3) is 0 Å². The van der Waals surface area contributed by atoms with Crippen LogP contribution in [0.2, 0.25) is 24.2 Å². The third kappa shape index (κ3) is 5.18. The summed E-state index contributed by atoms with van der Waals surface area (Å²) in [5.74, 6) is 2.71. The lowest BCUT2D eigenvalue weighted by Gasteiger charge is -2.59. The van der Waals surface area contributed by atoms with E-state index in [1.807, 2.05) is 0 Å². The van der Waals surface area contributed by atoms with Gasteiger partial charge in [0.05, 0.1) is 11.7 Å². The smallest absolute Gasteiger partial charge is 0.173 e. The molecular weight excluding hydrogens is 449 g/mol. The van der Waals surface area contributed by atoms with E-state index >= 15 is 0 Å². The summed E-state index contributed by atoms with van der Waals surface area (Å²) in [7, 11) is -2.17. The first kappa shape index (κ1) is 26.0. The first-order valence-corrected chi connectivity index (χ1v) is 20.0. The van der Waals surface area contributed by atoms with E-state index in [9.17, 15) is 0 Å². The molecule has 4 atom stereocenters. The van der Waals surface area contributed by atoms with Crippen LogP contribution in [0.15, 0.2) is 0 Å². The van der Waals surface area contributed by atoms with Crippen LogP contribution in [0.4, 0.5) is 0 Å². The van der Waals surface area contributed by atoms with Crippen LogP contribution in [0.25, 0.3) is 0 Å². The molecule has 1 heterocycles. The Morgan fingerprint density at radius 3 is 2.12 bits per heavy atom. The normalized spacial score (nSPS) is 37.4. The maximum Gasteiger partial charge on any atom is 0.173 e. The molecule has 0 aromatic carbocycles. The fourth-order valence-corrected chi connectivity index (χ4v) is 16.5. The zero-order chi connectivity index (χ0) is 23.9. The summed E-state index contributed by atoms with van der Waals surface area (Å²) >= 11 is 0. The number of rotatable bonds is 8. The van der Waals surface area contributed by atoms with Gasteiger partial charge in [-0.25, -0.2) is 0 Å². The second kappa shape index (κ2) is 10.3. The monoisotopic (exact) mass is 504 g/mol. The van der Waals surface area contributed by atoms with E-state index in [2.05, 4.69) is 26.9 Å². The van der Waals surface area contributed by atoms with E-state index in [1.54, 1.807) is 12.8 Å². The predicted octanol–water partition coefficient (Wildman–Crippen LogP) is 8.54. The average Bonchev–Trinajstić information content (AvgIpc) is 3.54.